The van der Waals surface area contributed by atoms with Crippen LogP contribution in [0, 0.1) is 0 Å². The van der Waals surface area contributed by atoms with Gasteiger partial charge in [0.05, 0.1) is 0 Å². The van der Waals surface area contributed by atoms with Crippen molar-refractivity contribution < 1.29 is 4.79 Å². The van der Waals surface area contributed by atoms with E-state index in [1.54, 1.807) is 6.20 Å². The van der Waals surface area contributed by atoms with Crippen molar-refractivity contribution in [2.45, 2.75) is 51.9 Å². The van der Waals surface area contributed by atoms with Crippen LogP contribution in [0.1, 0.15) is 49.6 Å². The Morgan fingerprint density at radius 1 is 0.917 bits per heavy atom. The molecule has 4 rings (SSSR count). The summed E-state index contributed by atoms with van der Waals surface area (Å²) in [7, 11) is 0. The van der Waals surface area contributed by atoms with Gasteiger partial charge in [-0.25, -0.2) is 14.8 Å². The third kappa shape index (κ3) is 6.70. The molecule has 0 fully saturated rings. The van der Waals surface area contributed by atoms with Crippen LogP contribution in [0.4, 0.5) is 10.5 Å². The Bertz CT molecular complexity index is 1250. The van der Waals surface area contributed by atoms with Crippen molar-refractivity contribution in [2.75, 3.05) is 18.4 Å². The van der Waals surface area contributed by atoms with Crippen molar-refractivity contribution in [3.8, 4) is 5.69 Å². The van der Waals surface area contributed by atoms with E-state index in [9.17, 15) is 4.79 Å². The van der Waals surface area contributed by atoms with Crippen molar-refractivity contribution >= 4 is 22.9 Å². The zero-order valence-electron chi connectivity index (χ0n) is 21.0. The standard InChI is InChI=1S/C29H36N6O/c1-2-3-4-5-20-32-29(36)33-24-13-8-22(9-14-24)12-17-27-34-26-7-6-21-31-28(26)35(27)25-15-10-23(11-16-25)18-19-30/h6-11,13-16,21H,2-5,12,17-20,30H2,1H3,(H2,32,33,36). The van der Waals surface area contributed by atoms with Gasteiger partial charge in [0.25, 0.3) is 0 Å². The number of carbonyl (C=O) groups is 1. The highest BCUT2D eigenvalue weighted by atomic mass is 16.2. The van der Waals surface area contributed by atoms with E-state index in [2.05, 4.69) is 63.5 Å². The summed E-state index contributed by atoms with van der Waals surface area (Å²) in [6.45, 7) is 3.52. The number of hydrogen-bond donors (Lipinski definition) is 3. The van der Waals surface area contributed by atoms with E-state index in [1.807, 2.05) is 24.3 Å². The summed E-state index contributed by atoms with van der Waals surface area (Å²) in [6.07, 6.45) is 8.83. The third-order valence-corrected chi connectivity index (χ3v) is 6.28. The second-order valence-electron chi connectivity index (χ2n) is 9.05. The summed E-state index contributed by atoms with van der Waals surface area (Å²) in [6, 6.07) is 20.2. The molecule has 188 valence electrons. The van der Waals surface area contributed by atoms with Crippen molar-refractivity contribution in [3.63, 3.8) is 0 Å². The van der Waals surface area contributed by atoms with Crippen molar-refractivity contribution in [3.05, 3.63) is 83.8 Å². The average Bonchev–Trinajstić information content (AvgIpc) is 3.27. The molecule has 0 aliphatic rings. The molecule has 2 aromatic heterocycles. The maximum Gasteiger partial charge on any atom is 0.319 e. The van der Waals surface area contributed by atoms with Crippen LogP contribution >= 0.6 is 0 Å². The number of aryl methyl sites for hydroxylation is 2. The fourth-order valence-electron chi connectivity index (χ4n) is 4.32. The highest BCUT2D eigenvalue weighted by molar-refractivity contribution is 5.89. The number of nitrogens with two attached hydrogens (primary N) is 1. The smallest absolute Gasteiger partial charge is 0.319 e. The molecular formula is C29H36N6O. The number of nitrogens with zero attached hydrogens (tertiary/aromatic N) is 3. The molecule has 0 aliphatic heterocycles. The zero-order valence-corrected chi connectivity index (χ0v) is 21.0. The summed E-state index contributed by atoms with van der Waals surface area (Å²) in [5, 5.41) is 5.84. The Labute approximate surface area is 213 Å². The molecule has 7 heteroatoms. The molecule has 2 heterocycles. The fourth-order valence-corrected chi connectivity index (χ4v) is 4.32. The summed E-state index contributed by atoms with van der Waals surface area (Å²) < 4.78 is 2.14. The number of urea groups is 1. The normalized spacial score (nSPS) is 11.1. The van der Waals surface area contributed by atoms with Gasteiger partial charge < -0.3 is 16.4 Å². The van der Waals surface area contributed by atoms with Crippen LogP contribution < -0.4 is 16.4 Å². The fraction of sp³-hybridized carbons (Fsp3) is 0.345. The van der Waals surface area contributed by atoms with Crippen LogP contribution in [0.3, 0.4) is 0 Å². The van der Waals surface area contributed by atoms with Crippen LogP contribution in [-0.4, -0.2) is 33.7 Å². The number of imidazole rings is 1. The lowest BCUT2D eigenvalue weighted by Crippen LogP contribution is -2.29. The lowest BCUT2D eigenvalue weighted by atomic mass is 10.1. The molecule has 4 aromatic rings. The van der Waals surface area contributed by atoms with Gasteiger partial charge in [0.1, 0.15) is 11.3 Å². The van der Waals surface area contributed by atoms with E-state index in [0.29, 0.717) is 13.1 Å². The van der Waals surface area contributed by atoms with Gasteiger partial charge in [0, 0.05) is 30.5 Å². The summed E-state index contributed by atoms with van der Waals surface area (Å²) in [5.41, 5.74) is 11.7. The first-order chi connectivity index (χ1) is 17.7. The number of nitrogens with one attached hydrogen (secondary N) is 2. The Balaban J connectivity index is 1.40. The van der Waals surface area contributed by atoms with Gasteiger partial charge in [-0.15, -0.1) is 0 Å². The highest BCUT2D eigenvalue weighted by Crippen LogP contribution is 2.22. The van der Waals surface area contributed by atoms with Gasteiger partial charge in [-0.2, -0.15) is 0 Å². The van der Waals surface area contributed by atoms with E-state index in [1.165, 1.54) is 24.0 Å². The lowest BCUT2D eigenvalue weighted by Gasteiger charge is -2.11. The lowest BCUT2D eigenvalue weighted by molar-refractivity contribution is 0.252. The maximum atomic E-state index is 12.1. The molecule has 0 unspecified atom stereocenters. The van der Waals surface area contributed by atoms with Gasteiger partial charge >= 0.3 is 6.03 Å². The predicted molar refractivity (Wildman–Crippen MR) is 147 cm³/mol. The second-order valence-corrected chi connectivity index (χ2v) is 9.05. The van der Waals surface area contributed by atoms with E-state index in [4.69, 9.17) is 10.7 Å². The topological polar surface area (TPSA) is 97.9 Å². The van der Waals surface area contributed by atoms with Gasteiger partial charge in [0.15, 0.2) is 5.65 Å². The van der Waals surface area contributed by atoms with Crippen molar-refractivity contribution in [2.24, 2.45) is 5.73 Å². The van der Waals surface area contributed by atoms with Gasteiger partial charge in [0.2, 0.25) is 0 Å². The number of unbranched alkanes of at least 4 members (excludes halogenated alkanes) is 3. The summed E-state index contributed by atoms with van der Waals surface area (Å²) in [4.78, 5) is 21.6. The number of pyridine rings is 1. The van der Waals surface area contributed by atoms with E-state index >= 15 is 0 Å². The van der Waals surface area contributed by atoms with Crippen molar-refractivity contribution in [1.29, 1.82) is 0 Å². The monoisotopic (exact) mass is 484 g/mol. The molecule has 0 aliphatic carbocycles. The molecule has 7 nitrogen and oxygen atoms in total. The number of hydrogen-bond acceptors (Lipinski definition) is 4. The molecule has 0 spiro atoms. The van der Waals surface area contributed by atoms with Crippen LogP contribution in [0.15, 0.2) is 66.9 Å². The number of benzene rings is 2. The first-order valence-electron chi connectivity index (χ1n) is 12.9. The number of amides is 2. The second kappa shape index (κ2) is 12.8. The van der Waals surface area contributed by atoms with Crippen LogP contribution in [0.2, 0.25) is 0 Å². The molecule has 0 saturated carbocycles. The first kappa shape index (κ1) is 25.4. The Hall–Kier alpha value is -3.71. The van der Waals surface area contributed by atoms with Crippen LogP contribution in [-0.2, 0) is 19.3 Å². The molecule has 4 N–H and O–H groups in total. The number of rotatable bonds is 12. The predicted octanol–water partition coefficient (Wildman–Crippen LogP) is 5.41. The molecular weight excluding hydrogens is 448 g/mol. The quantitative estimate of drug-likeness (QED) is 0.234. The average molecular weight is 485 g/mol. The molecule has 2 amide bonds. The summed E-state index contributed by atoms with van der Waals surface area (Å²) in [5.74, 6) is 0.972. The first-order valence-corrected chi connectivity index (χ1v) is 12.9. The highest BCUT2D eigenvalue weighted by Gasteiger charge is 2.13. The van der Waals surface area contributed by atoms with E-state index in [-0.39, 0.29) is 6.03 Å². The van der Waals surface area contributed by atoms with Gasteiger partial charge in [-0.05, 0) is 73.3 Å². The summed E-state index contributed by atoms with van der Waals surface area (Å²) >= 11 is 0. The molecule has 0 atom stereocenters. The minimum atomic E-state index is -0.155. The maximum absolute atomic E-state index is 12.1. The number of anilines is 1. The zero-order chi connectivity index (χ0) is 25.2. The minimum absolute atomic E-state index is 0.155. The molecule has 2 aromatic carbocycles. The third-order valence-electron chi connectivity index (χ3n) is 6.28. The Morgan fingerprint density at radius 2 is 1.67 bits per heavy atom. The van der Waals surface area contributed by atoms with Gasteiger partial charge in [-0.3, -0.25) is 4.57 Å². The molecule has 0 radical (unpaired) electrons. The molecule has 0 bridgehead atoms. The van der Waals surface area contributed by atoms with E-state index < -0.39 is 0 Å². The molecule has 36 heavy (non-hydrogen) atoms. The van der Waals surface area contributed by atoms with Crippen LogP contribution in [0.25, 0.3) is 16.9 Å². The molecule has 0 saturated heterocycles. The SMILES string of the molecule is CCCCCCNC(=O)Nc1ccc(CCc2nc3cccnc3n2-c2ccc(CCN)cc2)cc1. The van der Waals surface area contributed by atoms with Gasteiger partial charge in [-0.1, -0.05) is 50.5 Å². The number of aromatic nitrogens is 3. The number of carbonyl (C=O) groups excluding carboxylic acids is 1. The Kier molecular flexibility index (Phi) is 9.05. The van der Waals surface area contributed by atoms with E-state index in [0.717, 1.165) is 60.5 Å². The van der Waals surface area contributed by atoms with Crippen molar-refractivity contribution in [1.82, 2.24) is 19.9 Å². The van der Waals surface area contributed by atoms with Crippen LogP contribution in [0.5, 0.6) is 0 Å². The largest absolute Gasteiger partial charge is 0.338 e. The minimum Gasteiger partial charge on any atom is -0.338 e. The Morgan fingerprint density at radius 3 is 2.42 bits per heavy atom. The number of fused-ring (bicyclic) bond motifs is 1.